The number of furan rings is 1. The van der Waals surface area contributed by atoms with Crippen molar-refractivity contribution in [2.75, 3.05) is 7.05 Å². The van der Waals surface area contributed by atoms with E-state index in [-0.39, 0.29) is 5.92 Å². The minimum atomic E-state index is 0.228. The van der Waals surface area contributed by atoms with E-state index in [1.165, 1.54) is 39.1 Å². The first-order chi connectivity index (χ1) is 19.0. The van der Waals surface area contributed by atoms with Gasteiger partial charge in [-0.15, -0.1) is 0 Å². The van der Waals surface area contributed by atoms with E-state index in [1.807, 2.05) is 40.8 Å². The highest BCUT2D eigenvalue weighted by Crippen LogP contribution is 2.38. The lowest BCUT2D eigenvalue weighted by atomic mass is 9.86. The number of hydrogen-bond acceptors (Lipinski definition) is 2. The fourth-order valence-electron chi connectivity index (χ4n) is 5.18. The monoisotopic (exact) mass is 523 g/mol. The van der Waals surface area contributed by atoms with Gasteiger partial charge in [-0.1, -0.05) is 113 Å². The second-order valence-corrected chi connectivity index (χ2v) is 9.86. The third-order valence-electron chi connectivity index (χ3n) is 7.07. The quantitative estimate of drug-likeness (QED) is 0.302. The van der Waals surface area contributed by atoms with Crippen molar-refractivity contribution in [1.82, 2.24) is 0 Å². The van der Waals surface area contributed by atoms with Crippen LogP contribution in [0.1, 0.15) is 89.7 Å². The molecule has 2 atom stereocenters. The van der Waals surface area contributed by atoms with Crippen molar-refractivity contribution < 1.29 is 4.42 Å². The summed E-state index contributed by atoms with van der Waals surface area (Å²) in [6.45, 7) is 19.0. The molecule has 1 heterocycles. The van der Waals surface area contributed by atoms with E-state index in [4.69, 9.17) is 9.41 Å². The Morgan fingerprint density at radius 3 is 2.05 bits per heavy atom. The van der Waals surface area contributed by atoms with Crippen LogP contribution in [0.15, 0.2) is 117 Å². The van der Waals surface area contributed by atoms with Crippen LogP contribution < -0.4 is 0 Å². The van der Waals surface area contributed by atoms with Gasteiger partial charge in [-0.2, -0.15) is 0 Å². The van der Waals surface area contributed by atoms with Crippen molar-refractivity contribution >= 4 is 5.71 Å². The van der Waals surface area contributed by atoms with Crippen LogP contribution in [0.3, 0.4) is 0 Å². The van der Waals surface area contributed by atoms with E-state index in [1.54, 1.807) is 6.26 Å². The van der Waals surface area contributed by atoms with Gasteiger partial charge in [0, 0.05) is 24.3 Å². The number of nitrogens with zero attached hydrogens (tertiary/aromatic N) is 1. The molecule has 2 nitrogen and oxygen atoms in total. The lowest BCUT2D eigenvalue weighted by molar-refractivity contribution is 0.466. The fraction of sp³-hybridized carbons (Fsp3) is 0.378. The van der Waals surface area contributed by atoms with Crippen LogP contribution in [0.25, 0.3) is 0 Å². The van der Waals surface area contributed by atoms with E-state index in [2.05, 4.69) is 94.1 Å². The van der Waals surface area contributed by atoms with Crippen LogP contribution in [0.2, 0.25) is 0 Å². The summed E-state index contributed by atoms with van der Waals surface area (Å²) in [6.07, 6.45) is 8.08. The highest BCUT2D eigenvalue weighted by molar-refractivity contribution is 6.07. The molecule has 3 aromatic rings. The molecule has 2 heteroatoms. The van der Waals surface area contributed by atoms with Crippen LogP contribution >= 0.6 is 0 Å². The number of hydrogen-bond donors (Lipinski definition) is 0. The third-order valence-corrected chi connectivity index (χ3v) is 7.07. The average Bonchev–Trinajstić information content (AvgIpc) is 3.46. The maximum Gasteiger partial charge on any atom is 0.110 e. The second-order valence-electron chi connectivity index (χ2n) is 9.86. The summed E-state index contributed by atoms with van der Waals surface area (Å²) in [5, 5.41) is 0. The standard InChI is InChI=1S/C33H37NO.2C2H6/c1-23(2)30-22-29(31-12-9-19-35-31)20-25(4)33(34-5)32(30)24(3)13-14-26-15-17-28(18-16-26)21-27-10-7-6-8-11-27;2*1-2/h6-12,15-19,22,25,29H,1,13-14,20-21H2,2-5H3;2*1-2H3/b32-24-,34-33?;;. The largest absolute Gasteiger partial charge is 0.469 e. The highest BCUT2D eigenvalue weighted by atomic mass is 16.3. The molecule has 0 spiro atoms. The van der Waals surface area contributed by atoms with Crippen LogP contribution in [0.5, 0.6) is 0 Å². The maximum absolute atomic E-state index is 5.79. The van der Waals surface area contributed by atoms with E-state index in [0.717, 1.165) is 37.0 Å². The Morgan fingerprint density at radius 2 is 1.49 bits per heavy atom. The summed E-state index contributed by atoms with van der Waals surface area (Å²) in [5.74, 6) is 1.58. The number of aryl methyl sites for hydroxylation is 1. The van der Waals surface area contributed by atoms with Gasteiger partial charge in [-0.3, -0.25) is 4.99 Å². The lowest BCUT2D eigenvalue weighted by Crippen LogP contribution is -2.16. The number of benzene rings is 2. The SMILES string of the molecule is C=C(C)C1=CC(c2ccco2)CC(C)C(=NC)/C1=C(/C)CCc1ccc(Cc2ccccc2)cc1.CC.CC. The first-order valence-electron chi connectivity index (χ1n) is 14.7. The molecule has 0 amide bonds. The van der Waals surface area contributed by atoms with E-state index >= 15 is 0 Å². The Morgan fingerprint density at radius 1 is 0.872 bits per heavy atom. The first-order valence-corrected chi connectivity index (χ1v) is 14.7. The van der Waals surface area contributed by atoms with E-state index in [9.17, 15) is 0 Å². The topological polar surface area (TPSA) is 25.5 Å². The molecular weight excluding hydrogens is 474 g/mol. The minimum Gasteiger partial charge on any atom is -0.469 e. The van der Waals surface area contributed by atoms with Crippen molar-refractivity contribution in [2.24, 2.45) is 10.9 Å². The molecule has 0 N–H and O–H groups in total. The van der Waals surface area contributed by atoms with Gasteiger partial charge in [0.15, 0.2) is 0 Å². The molecule has 2 unspecified atom stereocenters. The molecular formula is C37H49NO. The summed E-state index contributed by atoms with van der Waals surface area (Å²) in [5.41, 5.74) is 10.2. The normalized spacial score (nSPS) is 19.1. The molecule has 0 radical (unpaired) electrons. The van der Waals surface area contributed by atoms with Gasteiger partial charge in [0.05, 0.1) is 6.26 Å². The molecule has 4 rings (SSSR count). The van der Waals surface area contributed by atoms with Crippen molar-refractivity contribution in [3.63, 3.8) is 0 Å². The summed E-state index contributed by atoms with van der Waals surface area (Å²) in [6, 6.07) is 23.8. The predicted molar refractivity (Wildman–Crippen MR) is 171 cm³/mol. The van der Waals surface area contributed by atoms with Gasteiger partial charge in [0.1, 0.15) is 5.76 Å². The molecule has 1 aliphatic rings. The summed E-state index contributed by atoms with van der Waals surface area (Å²) in [7, 11) is 1.92. The van der Waals surface area contributed by atoms with Gasteiger partial charge < -0.3 is 4.42 Å². The Balaban J connectivity index is 0.00000127. The van der Waals surface area contributed by atoms with Crippen LogP contribution in [0, 0.1) is 5.92 Å². The zero-order chi connectivity index (χ0) is 28.8. The van der Waals surface area contributed by atoms with Crippen molar-refractivity contribution in [3.8, 4) is 0 Å². The Labute approximate surface area is 238 Å². The fourth-order valence-corrected chi connectivity index (χ4v) is 5.18. The van der Waals surface area contributed by atoms with Gasteiger partial charge >= 0.3 is 0 Å². The van der Waals surface area contributed by atoms with E-state index < -0.39 is 0 Å². The van der Waals surface area contributed by atoms with Crippen LogP contribution in [-0.4, -0.2) is 12.8 Å². The summed E-state index contributed by atoms with van der Waals surface area (Å²) in [4.78, 5) is 4.79. The third kappa shape index (κ3) is 8.82. The highest BCUT2D eigenvalue weighted by Gasteiger charge is 2.29. The Bertz CT molecular complexity index is 1220. The summed E-state index contributed by atoms with van der Waals surface area (Å²) < 4.78 is 5.79. The lowest BCUT2D eigenvalue weighted by Gasteiger charge is -2.20. The molecule has 2 aromatic carbocycles. The predicted octanol–water partition coefficient (Wildman–Crippen LogP) is 10.6. The maximum atomic E-state index is 5.79. The molecule has 0 saturated carbocycles. The van der Waals surface area contributed by atoms with Crippen molar-refractivity contribution in [1.29, 1.82) is 0 Å². The zero-order valence-corrected chi connectivity index (χ0v) is 25.6. The van der Waals surface area contributed by atoms with Crippen LogP contribution in [0.4, 0.5) is 0 Å². The molecule has 0 saturated heterocycles. The molecule has 1 aromatic heterocycles. The van der Waals surface area contributed by atoms with Crippen molar-refractivity contribution in [3.05, 3.63) is 130 Å². The second kappa shape index (κ2) is 16.5. The zero-order valence-electron chi connectivity index (χ0n) is 25.6. The van der Waals surface area contributed by atoms with Gasteiger partial charge in [0.2, 0.25) is 0 Å². The molecule has 0 bridgehead atoms. The molecule has 1 aliphatic carbocycles. The molecule has 0 fully saturated rings. The molecule has 39 heavy (non-hydrogen) atoms. The first kappa shape index (κ1) is 31.8. The van der Waals surface area contributed by atoms with Gasteiger partial charge in [-0.25, -0.2) is 0 Å². The van der Waals surface area contributed by atoms with Gasteiger partial charge in [0.25, 0.3) is 0 Å². The Kier molecular flexibility index (Phi) is 13.5. The molecule has 208 valence electrons. The number of rotatable bonds is 7. The minimum absolute atomic E-state index is 0.228. The van der Waals surface area contributed by atoms with Gasteiger partial charge in [-0.05, 0) is 79.8 Å². The Hall–Kier alpha value is -3.39. The molecule has 0 aliphatic heterocycles. The van der Waals surface area contributed by atoms with E-state index in [0.29, 0.717) is 5.92 Å². The average molecular weight is 524 g/mol. The smallest absolute Gasteiger partial charge is 0.110 e. The number of allylic oxidation sites excluding steroid dienone is 5. The van der Waals surface area contributed by atoms with Crippen molar-refractivity contribution in [2.45, 2.75) is 80.1 Å². The van der Waals surface area contributed by atoms with Crippen LogP contribution in [-0.2, 0) is 12.8 Å². The summed E-state index contributed by atoms with van der Waals surface area (Å²) >= 11 is 0. The number of aliphatic imine (C=N–C) groups is 1.